The molecule has 1 fully saturated rings. The second-order valence-corrected chi connectivity index (χ2v) is 5.53. The summed E-state index contributed by atoms with van der Waals surface area (Å²) < 4.78 is 7.65. The molecule has 1 aliphatic carbocycles. The van der Waals surface area contributed by atoms with Gasteiger partial charge < -0.3 is 14.6 Å². The first kappa shape index (κ1) is 13.3. The molecule has 3 heteroatoms. The van der Waals surface area contributed by atoms with E-state index < -0.39 is 0 Å². The Morgan fingerprint density at radius 3 is 2.80 bits per heavy atom. The van der Waals surface area contributed by atoms with Crippen molar-refractivity contribution in [3.05, 3.63) is 53.9 Å². The zero-order chi connectivity index (χ0) is 13.9. The first-order valence-corrected chi connectivity index (χ1v) is 7.26. The second kappa shape index (κ2) is 5.71. The summed E-state index contributed by atoms with van der Waals surface area (Å²) in [5, 5.41) is 3.44. The summed E-state index contributed by atoms with van der Waals surface area (Å²) in [6.45, 7) is 0.852. The quantitative estimate of drug-likeness (QED) is 0.872. The molecule has 0 saturated heterocycles. The van der Waals surface area contributed by atoms with Crippen LogP contribution in [0.2, 0.25) is 0 Å². The van der Waals surface area contributed by atoms with Gasteiger partial charge in [-0.2, -0.15) is 0 Å². The molecule has 1 aromatic carbocycles. The molecule has 1 heterocycles. The molecular weight excluding hydrogens is 248 g/mol. The van der Waals surface area contributed by atoms with Crippen molar-refractivity contribution in [2.75, 3.05) is 14.2 Å². The number of benzene rings is 1. The first-order valence-electron chi connectivity index (χ1n) is 7.26. The molecule has 2 aromatic rings. The molecule has 1 unspecified atom stereocenters. The van der Waals surface area contributed by atoms with Gasteiger partial charge in [-0.3, -0.25) is 0 Å². The minimum atomic E-state index is 0.508. The van der Waals surface area contributed by atoms with Crippen molar-refractivity contribution in [2.24, 2.45) is 5.92 Å². The lowest BCUT2D eigenvalue weighted by molar-refractivity contribution is 0.408. The van der Waals surface area contributed by atoms with E-state index in [-0.39, 0.29) is 0 Å². The maximum absolute atomic E-state index is 5.42. The van der Waals surface area contributed by atoms with E-state index >= 15 is 0 Å². The zero-order valence-corrected chi connectivity index (χ0v) is 12.2. The van der Waals surface area contributed by atoms with Gasteiger partial charge in [0.2, 0.25) is 0 Å². The smallest absolute Gasteiger partial charge is 0.123 e. The number of rotatable bonds is 6. The summed E-state index contributed by atoms with van der Waals surface area (Å²) in [4.78, 5) is 0. The Balaban J connectivity index is 1.76. The zero-order valence-electron chi connectivity index (χ0n) is 12.2. The summed E-state index contributed by atoms with van der Waals surface area (Å²) in [5.41, 5.74) is 2.61. The van der Waals surface area contributed by atoms with E-state index in [2.05, 4.69) is 47.5 Å². The number of nitrogens with one attached hydrogen (secondary N) is 1. The molecule has 0 amide bonds. The van der Waals surface area contributed by atoms with E-state index in [0.717, 1.165) is 18.2 Å². The molecule has 1 aromatic heterocycles. The highest BCUT2D eigenvalue weighted by atomic mass is 16.5. The fourth-order valence-corrected chi connectivity index (χ4v) is 2.88. The summed E-state index contributed by atoms with van der Waals surface area (Å²) in [5.74, 6) is 1.78. The first-order chi connectivity index (χ1) is 9.81. The van der Waals surface area contributed by atoms with Gasteiger partial charge in [-0.1, -0.05) is 18.2 Å². The summed E-state index contributed by atoms with van der Waals surface area (Å²) in [7, 11) is 3.78. The van der Waals surface area contributed by atoms with E-state index in [4.69, 9.17) is 4.74 Å². The molecule has 0 radical (unpaired) electrons. The van der Waals surface area contributed by atoms with E-state index in [1.165, 1.54) is 24.0 Å². The predicted molar refractivity (Wildman–Crippen MR) is 81.1 cm³/mol. The topological polar surface area (TPSA) is 26.2 Å². The van der Waals surface area contributed by atoms with Gasteiger partial charge in [0.15, 0.2) is 0 Å². The van der Waals surface area contributed by atoms with Crippen LogP contribution in [-0.4, -0.2) is 18.7 Å². The van der Waals surface area contributed by atoms with Gasteiger partial charge >= 0.3 is 0 Å². The Hall–Kier alpha value is -1.74. The van der Waals surface area contributed by atoms with Gasteiger partial charge in [-0.15, -0.1) is 0 Å². The fourth-order valence-electron chi connectivity index (χ4n) is 2.88. The molecule has 1 N–H and O–H groups in total. The van der Waals surface area contributed by atoms with Gasteiger partial charge in [-0.05, 0) is 43.5 Å². The van der Waals surface area contributed by atoms with Gasteiger partial charge in [0, 0.05) is 24.0 Å². The standard InChI is InChI=1S/C17H22N2O/c1-18-17(13-7-8-13)15-9-10-19(12-15)11-14-5-3-4-6-16(14)20-2/h3-6,9-10,12-13,17-18H,7-8,11H2,1-2H3. The Morgan fingerprint density at radius 2 is 2.10 bits per heavy atom. The van der Waals surface area contributed by atoms with Gasteiger partial charge in [0.25, 0.3) is 0 Å². The van der Waals surface area contributed by atoms with Crippen LogP contribution in [0, 0.1) is 5.92 Å². The molecule has 1 atom stereocenters. The summed E-state index contributed by atoms with van der Waals surface area (Å²) in [6, 6.07) is 10.9. The highest BCUT2D eigenvalue weighted by Crippen LogP contribution is 2.40. The number of ether oxygens (including phenoxy) is 1. The monoisotopic (exact) mass is 270 g/mol. The van der Waals surface area contributed by atoms with Crippen molar-refractivity contribution in [3.8, 4) is 5.75 Å². The number of hydrogen-bond donors (Lipinski definition) is 1. The van der Waals surface area contributed by atoms with Crippen molar-refractivity contribution < 1.29 is 4.74 Å². The van der Waals surface area contributed by atoms with Crippen molar-refractivity contribution in [1.29, 1.82) is 0 Å². The largest absolute Gasteiger partial charge is 0.496 e. The van der Waals surface area contributed by atoms with E-state index in [1.54, 1.807) is 7.11 Å². The molecule has 3 rings (SSSR count). The molecule has 0 spiro atoms. The van der Waals surface area contributed by atoms with E-state index in [9.17, 15) is 0 Å². The minimum Gasteiger partial charge on any atom is -0.496 e. The highest BCUT2D eigenvalue weighted by Gasteiger charge is 2.31. The average Bonchev–Trinajstić information content (AvgIpc) is 3.21. The number of methoxy groups -OCH3 is 1. The van der Waals surface area contributed by atoms with Crippen LogP contribution in [0.3, 0.4) is 0 Å². The van der Waals surface area contributed by atoms with Gasteiger partial charge in [-0.25, -0.2) is 0 Å². The van der Waals surface area contributed by atoms with E-state index in [0.29, 0.717) is 6.04 Å². The van der Waals surface area contributed by atoms with Crippen LogP contribution in [0.15, 0.2) is 42.7 Å². The molecule has 1 saturated carbocycles. The lowest BCUT2D eigenvalue weighted by Gasteiger charge is -2.13. The van der Waals surface area contributed by atoms with Crippen molar-refractivity contribution >= 4 is 0 Å². The number of hydrogen-bond acceptors (Lipinski definition) is 2. The second-order valence-electron chi connectivity index (χ2n) is 5.53. The third kappa shape index (κ3) is 2.73. The highest BCUT2D eigenvalue weighted by molar-refractivity contribution is 5.33. The van der Waals surface area contributed by atoms with Crippen molar-refractivity contribution in [1.82, 2.24) is 9.88 Å². The summed E-state index contributed by atoms with van der Waals surface area (Å²) >= 11 is 0. The predicted octanol–water partition coefficient (Wildman–Crippen LogP) is 3.22. The molecular formula is C17H22N2O. The minimum absolute atomic E-state index is 0.508. The average molecular weight is 270 g/mol. The van der Waals surface area contributed by atoms with E-state index in [1.807, 2.05) is 12.1 Å². The van der Waals surface area contributed by atoms with Crippen LogP contribution < -0.4 is 10.1 Å². The van der Waals surface area contributed by atoms with Crippen LogP contribution in [0.4, 0.5) is 0 Å². The Morgan fingerprint density at radius 1 is 1.30 bits per heavy atom. The number of aromatic nitrogens is 1. The number of nitrogens with zero attached hydrogens (tertiary/aromatic N) is 1. The Kier molecular flexibility index (Phi) is 3.79. The Bertz CT molecular complexity index is 572. The number of para-hydroxylation sites is 1. The van der Waals surface area contributed by atoms with Crippen LogP contribution in [0.1, 0.15) is 30.0 Å². The van der Waals surface area contributed by atoms with Crippen molar-refractivity contribution in [3.63, 3.8) is 0 Å². The fraction of sp³-hybridized carbons (Fsp3) is 0.412. The normalized spacial score (nSPS) is 16.1. The van der Waals surface area contributed by atoms with Gasteiger partial charge in [0.1, 0.15) is 5.75 Å². The molecule has 0 aliphatic heterocycles. The molecule has 0 bridgehead atoms. The molecule has 106 valence electrons. The SMILES string of the molecule is CNC(c1ccn(Cc2ccccc2OC)c1)C1CC1. The summed E-state index contributed by atoms with van der Waals surface area (Å²) in [6.07, 6.45) is 7.12. The molecule has 1 aliphatic rings. The lowest BCUT2D eigenvalue weighted by Crippen LogP contribution is -2.17. The maximum Gasteiger partial charge on any atom is 0.123 e. The third-order valence-corrected chi connectivity index (χ3v) is 4.08. The van der Waals surface area contributed by atoms with Gasteiger partial charge in [0.05, 0.1) is 13.7 Å². The van der Waals surface area contributed by atoms with Crippen molar-refractivity contribution in [2.45, 2.75) is 25.4 Å². The lowest BCUT2D eigenvalue weighted by atomic mass is 10.1. The van der Waals surface area contributed by atoms with Crippen LogP contribution in [0.25, 0.3) is 0 Å². The molecule has 20 heavy (non-hydrogen) atoms. The van der Waals surface area contributed by atoms with Crippen LogP contribution in [-0.2, 0) is 6.54 Å². The van der Waals surface area contributed by atoms with Crippen LogP contribution >= 0.6 is 0 Å². The Labute approximate surface area is 120 Å². The van der Waals surface area contributed by atoms with Crippen LogP contribution in [0.5, 0.6) is 5.75 Å². The molecule has 3 nitrogen and oxygen atoms in total. The maximum atomic E-state index is 5.42. The third-order valence-electron chi connectivity index (χ3n) is 4.08.